The van der Waals surface area contributed by atoms with Crippen LogP contribution in [0.2, 0.25) is 0 Å². The van der Waals surface area contributed by atoms with Crippen LogP contribution in [0.5, 0.6) is 0 Å². The van der Waals surface area contributed by atoms with Gasteiger partial charge in [-0.05, 0) is 47.4 Å². The summed E-state index contributed by atoms with van der Waals surface area (Å²) in [4.78, 5) is 25.9. The molecule has 1 amide bonds. The Balaban J connectivity index is 1.35. The minimum absolute atomic E-state index is 0.00532. The molecule has 28 heavy (non-hydrogen) atoms. The van der Waals surface area contributed by atoms with E-state index < -0.39 is 5.97 Å². The largest absolute Gasteiger partial charge is 0.481 e. The fourth-order valence-electron chi connectivity index (χ4n) is 5.49. The maximum atomic E-state index is 12.9. The molecule has 5 nitrogen and oxygen atoms in total. The van der Waals surface area contributed by atoms with Gasteiger partial charge in [-0.15, -0.1) is 0 Å². The summed E-state index contributed by atoms with van der Waals surface area (Å²) in [7, 11) is 0. The first-order chi connectivity index (χ1) is 13.6. The molecule has 1 N–H and O–H groups in total. The molecule has 1 saturated heterocycles. The zero-order valence-corrected chi connectivity index (χ0v) is 15.6. The Kier molecular flexibility index (Phi) is 4.11. The Bertz CT molecular complexity index is 894. The molecule has 0 aromatic heterocycles. The van der Waals surface area contributed by atoms with Crippen molar-refractivity contribution in [2.45, 2.75) is 43.7 Å². The van der Waals surface area contributed by atoms with Crippen LogP contribution in [-0.2, 0) is 9.53 Å². The molecule has 2 aliphatic carbocycles. The van der Waals surface area contributed by atoms with E-state index in [4.69, 9.17) is 4.74 Å². The normalized spacial score (nSPS) is 24.9. The molecular weight excluding hydrogens is 354 g/mol. The van der Waals surface area contributed by atoms with E-state index in [0.717, 1.165) is 19.3 Å². The second-order valence-corrected chi connectivity index (χ2v) is 8.10. The van der Waals surface area contributed by atoms with Crippen LogP contribution in [0.3, 0.4) is 0 Å². The number of hydrogen-bond donors (Lipinski definition) is 1. The van der Waals surface area contributed by atoms with Crippen LogP contribution < -0.4 is 0 Å². The van der Waals surface area contributed by atoms with Crippen molar-refractivity contribution < 1.29 is 19.4 Å². The van der Waals surface area contributed by atoms with E-state index in [9.17, 15) is 14.7 Å². The number of carbonyl (C=O) groups excluding carboxylic acids is 1. The number of likely N-dealkylation sites (tertiary alicyclic amines) is 1. The van der Waals surface area contributed by atoms with Crippen molar-refractivity contribution >= 4 is 12.1 Å². The fourth-order valence-corrected chi connectivity index (χ4v) is 5.49. The molecule has 5 rings (SSSR count). The lowest BCUT2D eigenvalue weighted by Crippen LogP contribution is -2.46. The summed E-state index contributed by atoms with van der Waals surface area (Å²) in [5, 5.41) is 9.24. The van der Waals surface area contributed by atoms with Crippen LogP contribution in [0, 0.1) is 5.92 Å². The first kappa shape index (κ1) is 17.3. The lowest BCUT2D eigenvalue weighted by Gasteiger charge is -2.34. The van der Waals surface area contributed by atoms with E-state index in [1.807, 2.05) is 24.3 Å². The number of hydrogen-bond acceptors (Lipinski definition) is 3. The smallest absolute Gasteiger partial charge is 0.410 e. The second-order valence-electron chi connectivity index (χ2n) is 8.10. The van der Waals surface area contributed by atoms with E-state index >= 15 is 0 Å². The van der Waals surface area contributed by atoms with Crippen LogP contribution >= 0.6 is 0 Å². The first-order valence-electron chi connectivity index (χ1n) is 9.98. The van der Waals surface area contributed by atoms with E-state index in [1.165, 1.54) is 22.3 Å². The van der Waals surface area contributed by atoms with Gasteiger partial charge < -0.3 is 14.7 Å². The van der Waals surface area contributed by atoms with Crippen LogP contribution in [-0.4, -0.2) is 40.8 Å². The number of rotatable bonds is 4. The summed E-state index contributed by atoms with van der Waals surface area (Å²) in [6.07, 6.45) is 2.51. The van der Waals surface area contributed by atoms with Gasteiger partial charge in [0.25, 0.3) is 0 Å². The number of piperidine rings is 1. The maximum Gasteiger partial charge on any atom is 0.410 e. The van der Waals surface area contributed by atoms with Gasteiger partial charge in [-0.3, -0.25) is 4.79 Å². The van der Waals surface area contributed by atoms with Crippen LogP contribution in [0.15, 0.2) is 48.5 Å². The highest BCUT2D eigenvalue weighted by Gasteiger charge is 2.49. The van der Waals surface area contributed by atoms with Gasteiger partial charge >= 0.3 is 12.1 Å². The molecule has 144 valence electrons. The van der Waals surface area contributed by atoms with Gasteiger partial charge in [-0.25, -0.2) is 4.79 Å². The molecule has 3 unspecified atom stereocenters. The molecule has 1 aliphatic heterocycles. The minimum atomic E-state index is -0.853. The predicted octanol–water partition coefficient (Wildman–Crippen LogP) is 4.26. The van der Waals surface area contributed by atoms with Crippen molar-refractivity contribution in [1.29, 1.82) is 0 Å². The number of carboxylic acids is 1. The van der Waals surface area contributed by atoms with Gasteiger partial charge in [0.05, 0.1) is 6.42 Å². The third-order valence-electron chi connectivity index (χ3n) is 6.67. The topological polar surface area (TPSA) is 66.8 Å². The number of nitrogens with zero attached hydrogens (tertiary/aromatic N) is 1. The summed E-state index contributed by atoms with van der Waals surface area (Å²) in [6.45, 7) is 0.278. The molecule has 3 atom stereocenters. The monoisotopic (exact) mass is 377 g/mol. The molecule has 1 heterocycles. The summed E-state index contributed by atoms with van der Waals surface area (Å²) in [5.74, 6) is -0.537. The van der Waals surface area contributed by atoms with Crippen LogP contribution in [0.4, 0.5) is 4.79 Å². The van der Waals surface area contributed by atoms with Crippen LogP contribution in [0.25, 0.3) is 11.1 Å². The van der Waals surface area contributed by atoms with Gasteiger partial charge in [0.2, 0.25) is 0 Å². The zero-order chi connectivity index (χ0) is 19.3. The van der Waals surface area contributed by atoms with E-state index in [1.54, 1.807) is 4.90 Å². The standard InChI is InChI=1S/C23H23NO4/c25-22(26)12-21-14-9-10-15(11-14)24(21)23(27)28-13-20-18-7-3-1-5-16(18)17-6-2-4-8-19(17)20/h1-8,14-15,20-21H,9-13H2,(H,25,26). The molecule has 0 spiro atoms. The molecule has 5 heteroatoms. The first-order valence-corrected chi connectivity index (χ1v) is 9.98. The Morgan fingerprint density at radius 1 is 1.00 bits per heavy atom. The maximum absolute atomic E-state index is 12.9. The van der Waals surface area contributed by atoms with Crippen molar-refractivity contribution in [3.8, 4) is 11.1 Å². The van der Waals surface area contributed by atoms with Gasteiger partial charge in [0.15, 0.2) is 0 Å². The Hall–Kier alpha value is -2.82. The van der Waals surface area contributed by atoms with Gasteiger partial charge in [0, 0.05) is 18.0 Å². The Labute approximate surface area is 163 Å². The molecule has 1 saturated carbocycles. The summed E-state index contributed by atoms with van der Waals surface area (Å²) in [5.41, 5.74) is 4.76. The van der Waals surface area contributed by atoms with Crippen molar-refractivity contribution in [1.82, 2.24) is 4.90 Å². The van der Waals surface area contributed by atoms with Crippen LogP contribution in [0.1, 0.15) is 42.7 Å². The lowest BCUT2D eigenvalue weighted by atomic mass is 9.96. The van der Waals surface area contributed by atoms with E-state index in [2.05, 4.69) is 24.3 Å². The Morgan fingerprint density at radius 2 is 1.64 bits per heavy atom. The Morgan fingerprint density at radius 3 is 2.29 bits per heavy atom. The highest BCUT2D eigenvalue weighted by Crippen LogP contribution is 2.46. The molecule has 2 aromatic carbocycles. The van der Waals surface area contributed by atoms with Crippen molar-refractivity contribution in [2.75, 3.05) is 6.61 Å². The number of carboxylic acid groups (broad SMARTS) is 1. The number of ether oxygens (including phenoxy) is 1. The number of amides is 1. The van der Waals surface area contributed by atoms with Gasteiger partial charge in [0.1, 0.15) is 6.61 Å². The molecule has 0 radical (unpaired) electrons. The average Bonchev–Trinajstić information content (AvgIpc) is 3.38. The third-order valence-corrected chi connectivity index (χ3v) is 6.67. The highest BCUT2D eigenvalue weighted by molar-refractivity contribution is 5.79. The SMILES string of the molecule is O=C(O)CC1C2CCC(C2)N1C(=O)OCC1c2ccccc2-c2ccccc21. The molecule has 3 aliphatic rings. The summed E-state index contributed by atoms with van der Waals surface area (Å²) < 4.78 is 5.78. The van der Waals surface area contributed by atoms with Crippen molar-refractivity contribution in [3.05, 3.63) is 59.7 Å². The number of benzene rings is 2. The van der Waals surface area contributed by atoms with E-state index in [-0.39, 0.29) is 37.1 Å². The average molecular weight is 377 g/mol. The third kappa shape index (κ3) is 2.68. The molecule has 2 fully saturated rings. The summed E-state index contributed by atoms with van der Waals surface area (Å²) in [6, 6.07) is 16.4. The van der Waals surface area contributed by atoms with Crippen molar-refractivity contribution in [2.24, 2.45) is 5.92 Å². The van der Waals surface area contributed by atoms with E-state index in [0.29, 0.717) is 5.92 Å². The fraction of sp³-hybridized carbons (Fsp3) is 0.391. The number of carbonyl (C=O) groups is 2. The van der Waals surface area contributed by atoms with Gasteiger partial charge in [-0.2, -0.15) is 0 Å². The highest BCUT2D eigenvalue weighted by atomic mass is 16.6. The van der Waals surface area contributed by atoms with Gasteiger partial charge in [-0.1, -0.05) is 48.5 Å². The second kappa shape index (κ2) is 6.66. The number of fused-ring (bicyclic) bond motifs is 5. The summed E-state index contributed by atoms with van der Waals surface area (Å²) >= 11 is 0. The quantitative estimate of drug-likeness (QED) is 0.864. The number of aliphatic carboxylic acids is 1. The molecular formula is C23H23NO4. The molecule has 2 bridgehead atoms. The predicted molar refractivity (Wildman–Crippen MR) is 104 cm³/mol. The zero-order valence-electron chi connectivity index (χ0n) is 15.6. The molecule has 2 aromatic rings. The van der Waals surface area contributed by atoms with Crippen molar-refractivity contribution in [3.63, 3.8) is 0 Å². The minimum Gasteiger partial charge on any atom is -0.481 e. The lowest BCUT2D eigenvalue weighted by molar-refractivity contribution is -0.138.